The predicted octanol–water partition coefficient (Wildman–Crippen LogP) is 3.05. The number of rotatable bonds is 7. The third kappa shape index (κ3) is 5.14. The molecule has 0 aliphatic carbocycles. The van der Waals surface area contributed by atoms with Gasteiger partial charge in [0.25, 0.3) is 17.5 Å². The van der Waals surface area contributed by atoms with E-state index >= 15 is 0 Å². The van der Waals surface area contributed by atoms with Crippen LogP contribution >= 0.6 is 0 Å². The second kappa shape index (κ2) is 8.75. The zero-order valence-electron chi connectivity index (χ0n) is 14.7. The summed E-state index contributed by atoms with van der Waals surface area (Å²) >= 11 is 0. The summed E-state index contributed by atoms with van der Waals surface area (Å²) in [6, 6.07) is 12.5. The van der Waals surface area contributed by atoms with Crippen LogP contribution in [0.2, 0.25) is 0 Å². The number of hydrogen-bond donors (Lipinski definition) is 2. The molecule has 0 aromatic heterocycles. The van der Waals surface area contributed by atoms with Gasteiger partial charge >= 0.3 is 0 Å². The highest BCUT2D eigenvalue weighted by Crippen LogP contribution is 2.12. The number of benzene rings is 2. The molecule has 2 amide bonds. The van der Waals surface area contributed by atoms with Crippen molar-refractivity contribution in [3.05, 3.63) is 75.3 Å². The van der Waals surface area contributed by atoms with Crippen LogP contribution in [-0.4, -0.2) is 22.8 Å². The molecule has 2 rings (SSSR count). The van der Waals surface area contributed by atoms with E-state index < -0.39 is 4.92 Å². The van der Waals surface area contributed by atoms with Gasteiger partial charge in [0.2, 0.25) is 0 Å². The first kappa shape index (κ1) is 19.1. The lowest BCUT2D eigenvalue weighted by Crippen LogP contribution is -2.32. The lowest BCUT2D eigenvalue weighted by Gasteiger charge is -2.12. The van der Waals surface area contributed by atoms with Crippen molar-refractivity contribution in [2.24, 2.45) is 0 Å². The quantitative estimate of drug-likeness (QED) is 0.589. The fraction of sp³-hybridized carbons (Fsp3) is 0.263. The zero-order valence-corrected chi connectivity index (χ0v) is 14.7. The van der Waals surface area contributed by atoms with Crippen molar-refractivity contribution in [2.75, 3.05) is 0 Å². The average Bonchev–Trinajstić information content (AvgIpc) is 2.66. The molecule has 1 atom stereocenters. The minimum atomic E-state index is -0.516. The molecule has 26 heavy (non-hydrogen) atoms. The third-order valence-corrected chi connectivity index (χ3v) is 3.97. The Kier molecular flexibility index (Phi) is 6.43. The summed E-state index contributed by atoms with van der Waals surface area (Å²) in [6.07, 6.45) is 0.844. The van der Waals surface area contributed by atoms with Crippen LogP contribution < -0.4 is 10.6 Å². The van der Waals surface area contributed by atoms with E-state index in [-0.39, 0.29) is 30.1 Å². The summed E-state index contributed by atoms with van der Waals surface area (Å²) in [5.74, 6) is -0.489. The van der Waals surface area contributed by atoms with Gasteiger partial charge in [-0.25, -0.2) is 0 Å². The van der Waals surface area contributed by atoms with Crippen LogP contribution in [-0.2, 0) is 6.54 Å². The van der Waals surface area contributed by atoms with Crippen molar-refractivity contribution in [3.8, 4) is 0 Å². The molecule has 2 N–H and O–H groups in total. The molecular weight excluding hydrogens is 334 g/mol. The molecule has 0 aliphatic rings. The number of nitro groups is 1. The van der Waals surface area contributed by atoms with E-state index in [1.165, 1.54) is 24.3 Å². The van der Waals surface area contributed by atoms with E-state index in [1.807, 2.05) is 19.9 Å². The minimum Gasteiger partial charge on any atom is -0.350 e. The SMILES string of the molecule is CCC(C)NC(=O)c1cccc(CNC(=O)c2ccc([N+](=O)[O-])cc2)c1. The molecule has 0 bridgehead atoms. The summed E-state index contributed by atoms with van der Waals surface area (Å²) in [4.78, 5) is 34.4. The van der Waals surface area contributed by atoms with Crippen LogP contribution in [0, 0.1) is 10.1 Å². The zero-order chi connectivity index (χ0) is 19.1. The molecule has 2 aromatic carbocycles. The number of carbonyl (C=O) groups is 2. The van der Waals surface area contributed by atoms with Crippen molar-refractivity contribution < 1.29 is 14.5 Å². The fourth-order valence-corrected chi connectivity index (χ4v) is 2.25. The number of non-ortho nitro benzene ring substituents is 1. The van der Waals surface area contributed by atoms with Crippen molar-refractivity contribution in [3.63, 3.8) is 0 Å². The Morgan fingerprint density at radius 1 is 1.08 bits per heavy atom. The van der Waals surface area contributed by atoms with Gasteiger partial charge in [-0.3, -0.25) is 19.7 Å². The molecular formula is C19H21N3O4. The normalized spacial score (nSPS) is 11.5. The van der Waals surface area contributed by atoms with E-state index in [0.717, 1.165) is 12.0 Å². The molecule has 7 heteroatoms. The number of nitrogens with one attached hydrogen (secondary N) is 2. The standard InChI is InChI=1S/C19H21N3O4/c1-3-13(2)21-19(24)16-6-4-5-14(11-16)12-20-18(23)15-7-9-17(10-8-15)22(25)26/h4-11,13H,3,12H2,1-2H3,(H,20,23)(H,21,24). The highest BCUT2D eigenvalue weighted by atomic mass is 16.6. The maximum Gasteiger partial charge on any atom is 0.269 e. The average molecular weight is 355 g/mol. The summed E-state index contributed by atoms with van der Waals surface area (Å²) < 4.78 is 0. The van der Waals surface area contributed by atoms with Gasteiger partial charge in [-0.05, 0) is 43.2 Å². The maximum absolute atomic E-state index is 12.2. The number of carbonyl (C=O) groups excluding carboxylic acids is 2. The Morgan fingerprint density at radius 2 is 1.77 bits per heavy atom. The van der Waals surface area contributed by atoms with Gasteiger partial charge < -0.3 is 10.6 Å². The van der Waals surface area contributed by atoms with Crippen LogP contribution in [0.3, 0.4) is 0 Å². The van der Waals surface area contributed by atoms with Crippen LogP contribution in [0.25, 0.3) is 0 Å². The number of nitro benzene ring substituents is 1. The first-order chi connectivity index (χ1) is 12.4. The molecule has 0 fully saturated rings. The second-order valence-electron chi connectivity index (χ2n) is 5.97. The van der Waals surface area contributed by atoms with Crippen LogP contribution in [0.15, 0.2) is 48.5 Å². The molecule has 0 saturated heterocycles. The Bertz CT molecular complexity index is 803. The molecule has 2 aromatic rings. The van der Waals surface area contributed by atoms with E-state index in [9.17, 15) is 19.7 Å². The highest BCUT2D eigenvalue weighted by molar-refractivity contribution is 5.95. The second-order valence-corrected chi connectivity index (χ2v) is 5.97. The molecule has 0 heterocycles. The topological polar surface area (TPSA) is 101 Å². The molecule has 0 saturated carbocycles. The minimum absolute atomic E-state index is 0.0680. The van der Waals surface area contributed by atoms with E-state index in [4.69, 9.17) is 0 Å². The Morgan fingerprint density at radius 3 is 2.38 bits per heavy atom. The molecule has 136 valence electrons. The summed E-state index contributed by atoms with van der Waals surface area (Å²) in [5.41, 5.74) is 1.59. The van der Waals surface area contributed by atoms with E-state index in [1.54, 1.807) is 18.2 Å². The van der Waals surface area contributed by atoms with Gasteiger partial charge in [-0.1, -0.05) is 19.1 Å². The highest BCUT2D eigenvalue weighted by Gasteiger charge is 2.11. The largest absolute Gasteiger partial charge is 0.350 e. The molecule has 7 nitrogen and oxygen atoms in total. The number of hydrogen-bond acceptors (Lipinski definition) is 4. The molecule has 0 radical (unpaired) electrons. The molecule has 0 spiro atoms. The van der Waals surface area contributed by atoms with Gasteiger partial charge in [0.1, 0.15) is 0 Å². The lowest BCUT2D eigenvalue weighted by molar-refractivity contribution is -0.384. The van der Waals surface area contributed by atoms with Crippen molar-refractivity contribution in [2.45, 2.75) is 32.9 Å². The van der Waals surface area contributed by atoms with Crippen LogP contribution in [0.4, 0.5) is 5.69 Å². The summed E-state index contributed by atoms with van der Waals surface area (Å²) in [7, 11) is 0. The Labute approximate surface area is 151 Å². The van der Waals surface area contributed by atoms with Crippen molar-refractivity contribution >= 4 is 17.5 Å². The van der Waals surface area contributed by atoms with Crippen LogP contribution in [0.5, 0.6) is 0 Å². The smallest absolute Gasteiger partial charge is 0.269 e. The van der Waals surface area contributed by atoms with Gasteiger partial charge in [0.15, 0.2) is 0 Å². The summed E-state index contributed by atoms with van der Waals surface area (Å²) in [5, 5.41) is 16.3. The predicted molar refractivity (Wildman–Crippen MR) is 97.9 cm³/mol. The molecule has 0 aliphatic heterocycles. The van der Waals surface area contributed by atoms with Crippen LogP contribution in [0.1, 0.15) is 46.5 Å². The third-order valence-electron chi connectivity index (χ3n) is 3.97. The van der Waals surface area contributed by atoms with Gasteiger partial charge in [-0.15, -0.1) is 0 Å². The van der Waals surface area contributed by atoms with Gasteiger partial charge in [0, 0.05) is 35.8 Å². The lowest BCUT2D eigenvalue weighted by atomic mass is 10.1. The van der Waals surface area contributed by atoms with Crippen molar-refractivity contribution in [1.29, 1.82) is 0 Å². The Hall–Kier alpha value is -3.22. The van der Waals surface area contributed by atoms with E-state index in [2.05, 4.69) is 10.6 Å². The Balaban J connectivity index is 1.98. The maximum atomic E-state index is 12.2. The monoisotopic (exact) mass is 355 g/mol. The summed E-state index contributed by atoms with van der Waals surface area (Å²) in [6.45, 7) is 4.18. The van der Waals surface area contributed by atoms with Crippen molar-refractivity contribution in [1.82, 2.24) is 10.6 Å². The number of nitrogens with zero attached hydrogens (tertiary/aromatic N) is 1. The molecule has 1 unspecified atom stereocenters. The van der Waals surface area contributed by atoms with Gasteiger partial charge in [-0.2, -0.15) is 0 Å². The first-order valence-electron chi connectivity index (χ1n) is 8.33. The first-order valence-corrected chi connectivity index (χ1v) is 8.33. The fourth-order valence-electron chi connectivity index (χ4n) is 2.25. The van der Waals surface area contributed by atoms with E-state index in [0.29, 0.717) is 11.1 Å². The van der Waals surface area contributed by atoms with Gasteiger partial charge in [0.05, 0.1) is 4.92 Å². The number of amides is 2.